The van der Waals surface area contributed by atoms with Gasteiger partial charge in [0.15, 0.2) is 5.78 Å². The van der Waals surface area contributed by atoms with Gasteiger partial charge in [0.25, 0.3) is 0 Å². The van der Waals surface area contributed by atoms with Gasteiger partial charge in [-0.3, -0.25) is 9.69 Å². The zero-order chi connectivity index (χ0) is 26.8. The standard InChI is InChI=1S/C33H33N3OS/c1-21-10-7-8-13-28(21)36-29-14-9-15-30(37)32(29)31(27(18-34)33(36)35)26-17-25(22(2)16-23(26)3)20-38-19-24-11-5-4-6-12-24/h4-8,10-13,16-17,31H,9,14-15,19-20,35H2,1-3H3. The maximum Gasteiger partial charge on any atom is 0.161 e. The molecule has 1 aliphatic heterocycles. The third-order valence-electron chi connectivity index (χ3n) is 7.67. The van der Waals surface area contributed by atoms with Gasteiger partial charge >= 0.3 is 0 Å². The van der Waals surface area contributed by atoms with Crippen molar-refractivity contribution in [3.8, 4) is 6.07 Å². The van der Waals surface area contributed by atoms with Crippen molar-refractivity contribution < 1.29 is 4.79 Å². The van der Waals surface area contributed by atoms with E-state index >= 15 is 0 Å². The van der Waals surface area contributed by atoms with Crippen LogP contribution in [-0.2, 0) is 16.3 Å². The van der Waals surface area contributed by atoms with Crippen molar-refractivity contribution in [2.24, 2.45) is 5.73 Å². The highest BCUT2D eigenvalue weighted by molar-refractivity contribution is 7.97. The van der Waals surface area contributed by atoms with Crippen LogP contribution in [0.1, 0.15) is 58.6 Å². The number of ketones is 1. The first-order valence-electron chi connectivity index (χ1n) is 13.1. The van der Waals surface area contributed by atoms with Crippen molar-refractivity contribution >= 4 is 23.2 Å². The van der Waals surface area contributed by atoms with Gasteiger partial charge in [-0.25, -0.2) is 0 Å². The van der Waals surface area contributed by atoms with E-state index in [-0.39, 0.29) is 5.78 Å². The molecule has 0 saturated carbocycles. The molecule has 0 aromatic heterocycles. The fourth-order valence-corrected chi connectivity index (χ4v) is 6.78. The summed E-state index contributed by atoms with van der Waals surface area (Å²) in [5.74, 6) is 1.90. The molecular weight excluding hydrogens is 486 g/mol. The van der Waals surface area contributed by atoms with E-state index in [4.69, 9.17) is 5.73 Å². The number of para-hydroxylation sites is 1. The van der Waals surface area contributed by atoms with E-state index in [2.05, 4.69) is 56.3 Å². The highest BCUT2D eigenvalue weighted by Gasteiger charge is 2.41. The summed E-state index contributed by atoms with van der Waals surface area (Å²) in [5.41, 5.74) is 16.8. The van der Waals surface area contributed by atoms with Crippen LogP contribution in [0.3, 0.4) is 0 Å². The van der Waals surface area contributed by atoms with Crippen LogP contribution in [0.5, 0.6) is 0 Å². The fraction of sp³-hybridized carbons (Fsp3) is 0.273. The Labute approximate surface area is 229 Å². The molecule has 1 unspecified atom stereocenters. The van der Waals surface area contributed by atoms with Crippen molar-refractivity contribution in [1.82, 2.24) is 0 Å². The van der Waals surface area contributed by atoms with Crippen molar-refractivity contribution in [2.75, 3.05) is 4.90 Å². The third kappa shape index (κ3) is 4.77. The SMILES string of the molecule is Cc1cc(C)c(C2C(C#N)=C(N)N(c3ccccc3C)C3=C2C(=O)CCC3)cc1CSCc1ccccc1. The number of thioether (sulfide) groups is 1. The summed E-state index contributed by atoms with van der Waals surface area (Å²) in [6.07, 6.45) is 2.05. The van der Waals surface area contributed by atoms with Crippen LogP contribution in [0.2, 0.25) is 0 Å². The van der Waals surface area contributed by atoms with Gasteiger partial charge in [0.05, 0.1) is 23.2 Å². The van der Waals surface area contributed by atoms with Crippen LogP contribution in [-0.4, -0.2) is 5.78 Å². The Morgan fingerprint density at radius 1 is 0.947 bits per heavy atom. The number of nitrogens with zero attached hydrogens (tertiary/aromatic N) is 2. The molecule has 38 heavy (non-hydrogen) atoms. The third-order valence-corrected chi connectivity index (χ3v) is 8.73. The van der Waals surface area contributed by atoms with Crippen molar-refractivity contribution in [2.45, 2.75) is 57.5 Å². The second-order valence-corrected chi connectivity index (χ2v) is 11.2. The van der Waals surface area contributed by atoms with Gasteiger partial charge in [0.2, 0.25) is 0 Å². The topological polar surface area (TPSA) is 70.1 Å². The highest BCUT2D eigenvalue weighted by Crippen LogP contribution is 2.47. The lowest BCUT2D eigenvalue weighted by atomic mass is 9.74. The van der Waals surface area contributed by atoms with Crippen molar-refractivity contribution in [3.05, 3.63) is 123 Å². The normalized spacial score (nSPS) is 17.5. The Hall–Kier alpha value is -3.75. The van der Waals surface area contributed by atoms with Crippen LogP contribution in [0.25, 0.3) is 0 Å². The summed E-state index contributed by atoms with van der Waals surface area (Å²) in [6, 6.07) is 25.3. The second-order valence-electron chi connectivity index (χ2n) is 10.2. The minimum absolute atomic E-state index is 0.120. The maximum absolute atomic E-state index is 13.6. The summed E-state index contributed by atoms with van der Waals surface area (Å²) in [6.45, 7) is 6.26. The average Bonchev–Trinajstić information content (AvgIpc) is 2.91. The number of hydrogen-bond acceptors (Lipinski definition) is 5. The summed E-state index contributed by atoms with van der Waals surface area (Å²) in [5, 5.41) is 10.4. The molecule has 0 saturated heterocycles. The lowest BCUT2D eigenvalue weighted by Gasteiger charge is -2.40. The molecular formula is C33H33N3OS. The number of aryl methyl sites for hydroxylation is 3. The monoisotopic (exact) mass is 519 g/mol. The molecule has 2 aliphatic rings. The summed E-state index contributed by atoms with van der Waals surface area (Å²) in [7, 11) is 0. The molecule has 0 radical (unpaired) electrons. The summed E-state index contributed by atoms with van der Waals surface area (Å²) < 4.78 is 0. The molecule has 1 atom stereocenters. The molecule has 3 aromatic rings. The van der Waals surface area contributed by atoms with Gasteiger partial charge in [0, 0.05) is 29.2 Å². The predicted molar refractivity (Wildman–Crippen MR) is 156 cm³/mol. The number of rotatable bonds is 6. The average molecular weight is 520 g/mol. The number of allylic oxidation sites excluding steroid dienone is 3. The van der Waals surface area contributed by atoms with Gasteiger partial charge in [-0.15, -0.1) is 0 Å². The number of carbonyl (C=O) groups excluding carboxylic acids is 1. The van der Waals surface area contributed by atoms with Gasteiger partial charge in [0.1, 0.15) is 5.82 Å². The molecule has 0 spiro atoms. The first kappa shape index (κ1) is 25.9. The molecule has 2 N–H and O–H groups in total. The molecule has 1 heterocycles. The van der Waals surface area contributed by atoms with Crippen LogP contribution in [0.4, 0.5) is 5.69 Å². The van der Waals surface area contributed by atoms with Crippen LogP contribution >= 0.6 is 11.8 Å². The van der Waals surface area contributed by atoms with E-state index in [9.17, 15) is 10.1 Å². The Kier molecular flexibility index (Phi) is 7.44. The van der Waals surface area contributed by atoms with Gasteiger partial charge in [-0.2, -0.15) is 17.0 Å². The molecule has 4 nitrogen and oxygen atoms in total. The zero-order valence-corrected chi connectivity index (χ0v) is 23.1. The minimum Gasteiger partial charge on any atom is -0.384 e. The predicted octanol–water partition coefficient (Wildman–Crippen LogP) is 7.35. The second kappa shape index (κ2) is 10.9. The number of nitriles is 1. The lowest BCUT2D eigenvalue weighted by molar-refractivity contribution is -0.116. The number of nitrogens with two attached hydrogens (primary N) is 1. The van der Waals surface area contributed by atoms with Crippen LogP contribution in [0, 0.1) is 32.1 Å². The minimum atomic E-state index is -0.443. The zero-order valence-electron chi connectivity index (χ0n) is 22.3. The Morgan fingerprint density at radius 3 is 2.42 bits per heavy atom. The van der Waals surface area contributed by atoms with Crippen LogP contribution < -0.4 is 10.6 Å². The largest absolute Gasteiger partial charge is 0.384 e. The quantitative estimate of drug-likeness (QED) is 0.369. The molecule has 1 aliphatic carbocycles. The molecule has 3 aromatic carbocycles. The number of Topliss-reactive ketones (excluding diaryl/α,β-unsaturated/α-hetero) is 1. The van der Waals surface area contributed by atoms with Crippen LogP contribution in [0.15, 0.2) is 89.4 Å². The first-order chi connectivity index (χ1) is 18.4. The number of hydrogen-bond donors (Lipinski definition) is 1. The highest BCUT2D eigenvalue weighted by atomic mass is 32.2. The fourth-order valence-electron chi connectivity index (χ4n) is 5.72. The van der Waals surface area contributed by atoms with E-state index in [0.29, 0.717) is 17.8 Å². The molecule has 0 fully saturated rings. The van der Waals surface area contributed by atoms with Gasteiger partial charge < -0.3 is 5.73 Å². The molecule has 0 bridgehead atoms. The summed E-state index contributed by atoms with van der Waals surface area (Å²) >= 11 is 1.88. The molecule has 5 heteroatoms. The Morgan fingerprint density at radius 2 is 1.68 bits per heavy atom. The smallest absolute Gasteiger partial charge is 0.161 e. The van der Waals surface area contributed by atoms with E-state index < -0.39 is 5.92 Å². The Balaban J connectivity index is 1.59. The van der Waals surface area contributed by atoms with Crippen molar-refractivity contribution in [3.63, 3.8) is 0 Å². The number of anilines is 1. The van der Waals surface area contributed by atoms with E-state index in [1.165, 1.54) is 16.7 Å². The lowest BCUT2D eigenvalue weighted by Crippen LogP contribution is -2.39. The number of benzene rings is 3. The first-order valence-corrected chi connectivity index (χ1v) is 14.3. The number of carbonyl (C=O) groups is 1. The maximum atomic E-state index is 13.6. The molecule has 0 amide bonds. The van der Waals surface area contributed by atoms with E-state index in [1.54, 1.807) is 0 Å². The van der Waals surface area contributed by atoms with Crippen molar-refractivity contribution in [1.29, 1.82) is 5.26 Å². The Bertz CT molecular complexity index is 1500. The van der Waals surface area contributed by atoms with E-state index in [0.717, 1.165) is 58.0 Å². The summed E-state index contributed by atoms with van der Waals surface area (Å²) in [4.78, 5) is 15.5. The van der Waals surface area contributed by atoms with Gasteiger partial charge in [-0.1, -0.05) is 60.7 Å². The molecule has 5 rings (SSSR count). The van der Waals surface area contributed by atoms with Gasteiger partial charge in [-0.05, 0) is 73.1 Å². The molecule has 192 valence electrons. The van der Waals surface area contributed by atoms with E-state index in [1.807, 2.05) is 53.9 Å².